The van der Waals surface area contributed by atoms with E-state index >= 15 is 0 Å². The van der Waals surface area contributed by atoms with Crippen LogP contribution in [0.15, 0.2) is 33.0 Å². The number of aromatic hydroxyl groups is 2. The molecule has 0 aliphatic carbocycles. The zero-order valence-electron chi connectivity index (χ0n) is 11.3. The topological polar surface area (TPSA) is 90.9 Å². The zero-order chi connectivity index (χ0) is 14.9. The molecule has 0 amide bonds. The van der Waals surface area contributed by atoms with Gasteiger partial charge in [0.15, 0.2) is 5.43 Å². The second-order valence-corrected chi connectivity index (χ2v) is 4.82. The van der Waals surface area contributed by atoms with Crippen molar-refractivity contribution in [1.82, 2.24) is 0 Å². The van der Waals surface area contributed by atoms with Crippen LogP contribution in [0.5, 0.6) is 11.5 Å². The molecule has 0 atom stereocenters. The van der Waals surface area contributed by atoms with Gasteiger partial charge < -0.3 is 19.7 Å². The summed E-state index contributed by atoms with van der Waals surface area (Å²) in [6.07, 6.45) is 2.15. The first-order valence-corrected chi connectivity index (χ1v) is 6.18. The van der Waals surface area contributed by atoms with E-state index in [1.807, 2.05) is 19.9 Å². The molecule has 3 N–H and O–H groups in total. The maximum Gasteiger partial charge on any atom is 0.196 e. The average Bonchev–Trinajstić information content (AvgIpc) is 2.36. The van der Waals surface area contributed by atoms with Crippen LogP contribution in [-0.4, -0.2) is 15.3 Å². The summed E-state index contributed by atoms with van der Waals surface area (Å²) in [4.78, 5) is 12.0. The Kier molecular flexibility index (Phi) is 3.81. The van der Waals surface area contributed by atoms with Gasteiger partial charge in [-0.3, -0.25) is 4.79 Å². The van der Waals surface area contributed by atoms with Gasteiger partial charge in [-0.05, 0) is 20.3 Å². The highest BCUT2D eigenvalue weighted by Crippen LogP contribution is 2.34. The molecule has 1 aromatic heterocycles. The molecule has 2 rings (SSSR count). The van der Waals surface area contributed by atoms with Gasteiger partial charge in [-0.25, -0.2) is 0 Å². The SMILES string of the molecule is CC(C)=CCc1c(O)cc2oc(CO)cc(=O)c2c1O. The van der Waals surface area contributed by atoms with Gasteiger partial charge in [0.05, 0.1) is 0 Å². The number of aliphatic hydroxyl groups is 1. The number of rotatable bonds is 3. The van der Waals surface area contributed by atoms with Crippen LogP contribution in [0.25, 0.3) is 11.0 Å². The molecule has 0 aliphatic heterocycles. The van der Waals surface area contributed by atoms with Gasteiger partial charge in [0.25, 0.3) is 0 Å². The molecule has 106 valence electrons. The third kappa shape index (κ3) is 2.53. The highest BCUT2D eigenvalue weighted by molar-refractivity contribution is 5.86. The Morgan fingerprint density at radius 3 is 2.60 bits per heavy atom. The molecule has 0 saturated heterocycles. The van der Waals surface area contributed by atoms with Crippen molar-refractivity contribution in [3.05, 3.63) is 45.3 Å². The lowest BCUT2D eigenvalue weighted by Crippen LogP contribution is -2.04. The summed E-state index contributed by atoms with van der Waals surface area (Å²) in [6, 6.07) is 2.41. The van der Waals surface area contributed by atoms with Gasteiger partial charge in [-0.15, -0.1) is 0 Å². The Bertz CT molecular complexity index is 736. The molecular weight excluding hydrogens is 260 g/mol. The molecule has 20 heavy (non-hydrogen) atoms. The second-order valence-electron chi connectivity index (χ2n) is 4.82. The highest BCUT2D eigenvalue weighted by Gasteiger charge is 2.16. The van der Waals surface area contributed by atoms with Crippen molar-refractivity contribution in [1.29, 1.82) is 0 Å². The molecule has 5 heteroatoms. The quantitative estimate of drug-likeness (QED) is 0.748. The van der Waals surface area contributed by atoms with E-state index in [0.717, 1.165) is 11.6 Å². The normalized spacial score (nSPS) is 10.8. The molecule has 0 spiro atoms. The average molecular weight is 276 g/mol. The van der Waals surface area contributed by atoms with Crippen LogP contribution >= 0.6 is 0 Å². The largest absolute Gasteiger partial charge is 0.507 e. The Labute approximate surface area is 115 Å². The minimum absolute atomic E-state index is 0.0113. The maximum atomic E-state index is 12.0. The molecule has 0 unspecified atom stereocenters. The van der Waals surface area contributed by atoms with E-state index in [9.17, 15) is 15.0 Å². The Balaban J connectivity index is 2.72. The van der Waals surface area contributed by atoms with Gasteiger partial charge >= 0.3 is 0 Å². The van der Waals surface area contributed by atoms with Crippen molar-refractivity contribution in [3.8, 4) is 11.5 Å². The molecule has 2 aromatic rings. The van der Waals surface area contributed by atoms with E-state index in [0.29, 0.717) is 6.42 Å². The summed E-state index contributed by atoms with van der Waals surface area (Å²) in [5, 5.41) is 29.1. The summed E-state index contributed by atoms with van der Waals surface area (Å²) in [7, 11) is 0. The lowest BCUT2D eigenvalue weighted by atomic mass is 10.0. The van der Waals surface area contributed by atoms with Crippen molar-refractivity contribution in [3.63, 3.8) is 0 Å². The van der Waals surface area contributed by atoms with Gasteiger partial charge in [-0.2, -0.15) is 0 Å². The summed E-state index contributed by atoms with van der Waals surface area (Å²) in [6.45, 7) is 3.38. The molecular formula is C15H16O5. The van der Waals surface area contributed by atoms with E-state index in [1.165, 1.54) is 6.07 Å². The first-order valence-electron chi connectivity index (χ1n) is 6.18. The Morgan fingerprint density at radius 1 is 1.30 bits per heavy atom. The monoisotopic (exact) mass is 276 g/mol. The van der Waals surface area contributed by atoms with E-state index in [1.54, 1.807) is 0 Å². The molecule has 5 nitrogen and oxygen atoms in total. The van der Waals surface area contributed by atoms with Gasteiger partial charge in [-0.1, -0.05) is 11.6 Å². The smallest absolute Gasteiger partial charge is 0.196 e. The maximum absolute atomic E-state index is 12.0. The highest BCUT2D eigenvalue weighted by atomic mass is 16.4. The number of fused-ring (bicyclic) bond motifs is 1. The van der Waals surface area contributed by atoms with E-state index in [2.05, 4.69) is 0 Å². The summed E-state index contributed by atoms with van der Waals surface area (Å²) >= 11 is 0. The lowest BCUT2D eigenvalue weighted by molar-refractivity contribution is 0.248. The molecule has 0 fully saturated rings. The molecule has 0 saturated carbocycles. The van der Waals surface area contributed by atoms with Crippen molar-refractivity contribution >= 4 is 11.0 Å². The Hall–Kier alpha value is -2.27. The number of hydrogen-bond donors (Lipinski definition) is 3. The van der Waals surface area contributed by atoms with Crippen LogP contribution in [0, 0.1) is 0 Å². The van der Waals surface area contributed by atoms with E-state index < -0.39 is 12.0 Å². The fourth-order valence-electron chi connectivity index (χ4n) is 1.97. The van der Waals surface area contributed by atoms with Crippen LogP contribution < -0.4 is 5.43 Å². The fourth-order valence-corrected chi connectivity index (χ4v) is 1.97. The predicted octanol–water partition coefficient (Wildman–Crippen LogP) is 2.21. The zero-order valence-corrected chi connectivity index (χ0v) is 11.3. The third-order valence-corrected chi connectivity index (χ3v) is 3.00. The van der Waals surface area contributed by atoms with Gasteiger partial charge in [0, 0.05) is 17.7 Å². The molecule has 0 bridgehead atoms. The first kappa shape index (κ1) is 14.1. The van der Waals surface area contributed by atoms with E-state index in [-0.39, 0.29) is 33.8 Å². The molecule has 1 aromatic carbocycles. The van der Waals surface area contributed by atoms with Gasteiger partial charge in [0.1, 0.15) is 34.8 Å². The minimum atomic E-state index is -0.453. The van der Waals surface area contributed by atoms with Crippen LogP contribution in [0.3, 0.4) is 0 Å². The van der Waals surface area contributed by atoms with Crippen LogP contribution in [0.2, 0.25) is 0 Å². The minimum Gasteiger partial charge on any atom is -0.507 e. The number of aliphatic hydroxyl groups excluding tert-OH is 1. The van der Waals surface area contributed by atoms with Crippen LogP contribution in [-0.2, 0) is 13.0 Å². The number of allylic oxidation sites excluding steroid dienone is 2. The van der Waals surface area contributed by atoms with Crippen molar-refractivity contribution in [2.75, 3.05) is 0 Å². The Morgan fingerprint density at radius 2 is 2.00 bits per heavy atom. The van der Waals surface area contributed by atoms with E-state index in [4.69, 9.17) is 9.52 Å². The molecule has 1 heterocycles. The summed E-state index contributed by atoms with van der Waals surface area (Å²) in [5.74, 6) is -0.347. The van der Waals surface area contributed by atoms with Gasteiger partial charge in [0.2, 0.25) is 0 Å². The standard InChI is InChI=1S/C15H16O5/c1-8(2)3-4-10-11(17)6-13-14(15(10)19)12(18)5-9(7-16)20-13/h3,5-6,16-17,19H,4,7H2,1-2H3. The number of benzene rings is 1. The second kappa shape index (κ2) is 5.38. The fraction of sp³-hybridized carbons (Fsp3) is 0.267. The number of phenolic OH excluding ortho intramolecular Hbond substituents is 2. The van der Waals surface area contributed by atoms with Crippen LogP contribution in [0.1, 0.15) is 25.2 Å². The van der Waals surface area contributed by atoms with Crippen molar-refractivity contribution in [2.24, 2.45) is 0 Å². The predicted molar refractivity (Wildman–Crippen MR) is 74.9 cm³/mol. The number of hydrogen-bond acceptors (Lipinski definition) is 5. The summed E-state index contributed by atoms with van der Waals surface area (Å²) < 4.78 is 5.25. The van der Waals surface area contributed by atoms with Crippen molar-refractivity contribution < 1.29 is 19.7 Å². The number of phenols is 2. The lowest BCUT2D eigenvalue weighted by Gasteiger charge is -2.09. The molecule has 0 radical (unpaired) electrons. The molecule has 0 aliphatic rings. The van der Waals surface area contributed by atoms with Crippen molar-refractivity contribution in [2.45, 2.75) is 26.9 Å². The van der Waals surface area contributed by atoms with Crippen LogP contribution in [0.4, 0.5) is 0 Å². The third-order valence-electron chi connectivity index (χ3n) is 3.00. The summed E-state index contributed by atoms with van der Waals surface area (Å²) in [5.41, 5.74) is 0.915. The first-order chi connectivity index (χ1) is 9.43.